The average Bonchev–Trinajstić information content (AvgIpc) is 2.73. The zero-order valence-electron chi connectivity index (χ0n) is 11.7. The molecular formula is C14H17ClFN3O. The summed E-state index contributed by atoms with van der Waals surface area (Å²) in [5.41, 5.74) is 2.48. The van der Waals surface area contributed by atoms with E-state index in [4.69, 9.17) is 16.3 Å². The zero-order chi connectivity index (χ0) is 14.7. The Morgan fingerprint density at radius 1 is 1.45 bits per heavy atom. The quantitative estimate of drug-likeness (QED) is 0.916. The van der Waals surface area contributed by atoms with Crippen LogP contribution in [0.2, 0.25) is 5.02 Å². The Bertz CT molecular complexity index is 613. The number of aromatic nitrogens is 2. The first-order chi connectivity index (χ1) is 9.56. The minimum atomic E-state index is -0.384. The van der Waals surface area contributed by atoms with Crippen LogP contribution in [-0.4, -0.2) is 16.9 Å². The second-order valence-corrected chi connectivity index (χ2v) is 4.74. The number of hydrogen-bond donors (Lipinski definition) is 1. The van der Waals surface area contributed by atoms with Crippen LogP contribution in [0.15, 0.2) is 18.2 Å². The monoisotopic (exact) mass is 297 g/mol. The average molecular weight is 298 g/mol. The third-order valence-electron chi connectivity index (χ3n) is 3.06. The molecule has 108 valence electrons. The van der Waals surface area contributed by atoms with Crippen LogP contribution in [0.1, 0.15) is 18.3 Å². The Hall–Kier alpha value is -1.75. The second-order valence-electron chi connectivity index (χ2n) is 4.36. The number of aryl methyl sites for hydroxylation is 2. The van der Waals surface area contributed by atoms with Crippen molar-refractivity contribution in [3.8, 4) is 5.75 Å². The third kappa shape index (κ3) is 2.88. The van der Waals surface area contributed by atoms with Crippen LogP contribution in [0, 0.1) is 12.7 Å². The summed E-state index contributed by atoms with van der Waals surface area (Å²) in [6.45, 7) is 5.14. The van der Waals surface area contributed by atoms with Gasteiger partial charge < -0.3 is 10.1 Å². The van der Waals surface area contributed by atoms with Gasteiger partial charge in [0.25, 0.3) is 0 Å². The molecule has 1 heterocycles. The van der Waals surface area contributed by atoms with Crippen LogP contribution in [0.5, 0.6) is 5.75 Å². The van der Waals surface area contributed by atoms with E-state index in [1.54, 1.807) is 12.1 Å². The first-order valence-corrected chi connectivity index (χ1v) is 6.73. The molecule has 0 fully saturated rings. The number of rotatable bonds is 5. The standard InChI is InChI=1S/C14H17ClFN3O/c1-4-19-12(14(15)9(2)18-19)8-17-10-5-6-11(16)13(7-10)20-3/h5-7,17H,4,8H2,1-3H3. The van der Waals surface area contributed by atoms with Gasteiger partial charge in [-0.3, -0.25) is 4.68 Å². The summed E-state index contributed by atoms with van der Waals surface area (Å²) in [5, 5.41) is 8.21. The highest BCUT2D eigenvalue weighted by Gasteiger charge is 2.12. The summed E-state index contributed by atoms with van der Waals surface area (Å²) in [6.07, 6.45) is 0. The van der Waals surface area contributed by atoms with Crippen molar-refractivity contribution in [3.05, 3.63) is 40.4 Å². The van der Waals surface area contributed by atoms with E-state index >= 15 is 0 Å². The van der Waals surface area contributed by atoms with Gasteiger partial charge in [0, 0.05) is 18.3 Å². The van der Waals surface area contributed by atoms with Gasteiger partial charge in [0.2, 0.25) is 0 Å². The van der Waals surface area contributed by atoms with Gasteiger partial charge in [0.1, 0.15) is 0 Å². The second kappa shape index (κ2) is 6.13. The number of nitrogens with one attached hydrogen (secondary N) is 1. The van der Waals surface area contributed by atoms with Gasteiger partial charge in [-0.1, -0.05) is 11.6 Å². The van der Waals surface area contributed by atoms with Crippen molar-refractivity contribution < 1.29 is 9.13 Å². The predicted octanol–water partition coefficient (Wildman–Crippen LogP) is 3.62. The van der Waals surface area contributed by atoms with E-state index < -0.39 is 0 Å². The molecule has 0 aliphatic heterocycles. The van der Waals surface area contributed by atoms with Crippen molar-refractivity contribution in [3.63, 3.8) is 0 Å². The summed E-state index contributed by atoms with van der Waals surface area (Å²) in [5.74, 6) is -0.174. The van der Waals surface area contributed by atoms with Crippen LogP contribution in [0.3, 0.4) is 0 Å². The largest absolute Gasteiger partial charge is 0.494 e. The fourth-order valence-electron chi connectivity index (χ4n) is 1.99. The Kier molecular flexibility index (Phi) is 4.49. The van der Waals surface area contributed by atoms with Crippen LogP contribution in [0.25, 0.3) is 0 Å². The highest BCUT2D eigenvalue weighted by molar-refractivity contribution is 6.31. The van der Waals surface area contributed by atoms with Gasteiger partial charge >= 0.3 is 0 Å². The van der Waals surface area contributed by atoms with Crippen molar-refractivity contribution in [2.75, 3.05) is 12.4 Å². The molecule has 2 rings (SSSR count). The van der Waals surface area contributed by atoms with Crippen molar-refractivity contribution >= 4 is 17.3 Å². The zero-order valence-corrected chi connectivity index (χ0v) is 12.5. The Morgan fingerprint density at radius 2 is 2.20 bits per heavy atom. The minimum Gasteiger partial charge on any atom is -0.494 e. The summed E-state index contributed by atoms with van der Waals surface area (Å²) < 4.78 is 20.1. The topological polar surface area (TPSA) is 39.1 Å². The molecule has 0 radical (unpaired) electrons. The summed E-state index contributed by atoms with van der Waals surface area (Å²) >= 11 is 6.23. The maximum Gasteiger partial charge on any atom is 0.165 e. The highest BCUT2D eigenvalue weighted by Crippen LogP contribution is 2.24. The van der Waals surface area contributed by atoms with Crippen molar-refractivity contribution in [1.82, 2.24) is 9.78 Å². The molecule has 0 aliphatic carbocycles. The van der Waals surface area contributed by atoms with Gasteiger partial charge in [-0.05, 0) is 26.0 Å². The van der Waals surface area contributed by atoms with Gasteiger partial charge in [0.15, 0.2) is 11.6 Å². The van der Waals surface area contributed by atoms with Gasteiger partial charge in [-0.2, -0.15) is 5.10 Å². The Balaban J connectivity index is 2.16. The van der Waals surface area contributed by atoms with E-state index in [9.17, 15) is 4.39 Å². The van der Waals surface area contributed by atoms with E-state index in [1.807, 2.05) is 18.5 Å². The summed E-state index contributed by atoms with van der Waals surface area (Å²) in [6, 6.07) is 4.64. The number of hydrogen-bond acceptors (Lipinski definition) is 3. The van der Waals surface area contributed by atoms with Crippen LogP contribution in [-0.2, 0) is 13.1 Å². The molecule has 4 nitrogen and oxygen atoms in total. The molecule has 0 aliphatic rings. The van der Waals surface area contributed by atoms with E-state index in [2.05, 4.69) is 10.4 Å². The van der Waals surface area contributed by atoms with E-state index in [-0.39, 0.29) is 11.6 Å². The molecule has 0 bridgehead atoms. The maximum absolute atomic E-state index is 13.3. The van der Waals surface area contributed by atoms with Crippen LogP contribution >= 0.6 is 11.6 Å². The smallest absolute Gasteiger partial charge is 0.165 e. The lowest BCUT2D eigenvalue weighted by molar-refractivity contribution is 0.387. The lowest BCUT2D eigenvalue weighted by Gasteiger charge is -2.10. The number of nitrogens with zero attached hydrogens (tertiary/aromatic N) is 2. The van der Waals surface area contributed by atoms with Gasteiger partial charge in [0.05, 0.1) is 30.1 Å². The molecule has 0 atom stereocenters. The number of anilines is 1. The predicted molar refractivity (Wildman–Crippen MR) is 77.9 cm³/mol. The number of benzene rings is 1. The molecule has 6 heteroatoms. The lowest BCUT2D eigenvalue weighted by Crippen LogP contribution is -2.08. The highest BCUT2D eigenvalue weighted by atomic mass is 35.5. The Morgan fingerprint density at radius 3 is 2.85 bits per heavy atom. The van der Waals surface area contributed by atoms with E-state index in [0.717, 1.165) is 23.6 Å². The molecule has 1 aromatic carbocycles. The first kappa shape index (κ1) is 14.7. The number of methoxy groups -OCH3 is 1. The lowest BCUT2D eigenvalue weighted by atomic mass is 10.2. The maximum atomic E-state index is 13.3. The number of halogens is 2. The van der Waals surface area contributed by atoms with E-state index in [1.165, 1.54) is 13.2 Å². The van der Waals surface area contributed by atoms with Crippen molar-refractivity contribution in [2.45, 2.75) is 26.9 Å². The first-order valence-electron chi connectivity index (χ1n) is 6.36. The SMILES string of the molecule is CCn1nc(C)c(Cl)c1CNc1ccc(F)c(OC)c1. The summed E-state index contributed by atoms with van der Waals surface area (Å²) in [4.78, 5) is 0. The fraction of sp³-hybridized carbons (Fsp3) is 0.357. The van der Waals surface area contributed by atoms with Crippen molar-refractivity contribution in [2.24, 2.45) is 0 Å². The molecule has 1 aromatic heterocycles. The van der Waals surface area contributed by atoms with Crippen LogP contribution in [0.4, 0.5) is 10.1 Å². The molecular weight excluding hydrogens is 281 g/mol. The third-order valence-corrected chi connectivity index (χ3v) is 3.56. The van der Waals surface area contributed by atoms with Crippen LogP contribution < -0.4 is 10.1 Å². The molecule has 0 unspecified atom stereocenters. The molecule has 0 spiro atoms. The molecule has 1 N–H and O–H groups in total. The summed E-state index contributed by atoms with van der Waals surface area (Å²) in [7, 11) is 1.44. The minimum absolute atomic E-state index is 0.210. The molecule has 0 saturated heterocycles. The molecule has 20 heavy (non-hydrogen) atoms. The molecule has 0 amide bonds. The fourth-order valence-corrected chi connectivity index (χ4v) is 2.20. The van der Waals surface area contributed by atoms with Gasteiger partial charge in [-0.15, -0.1) is 0 Å². The normalized spacial score (nSPS) is 10.7. The Labute approximate surface area is 122 Å². The molecule has 2 aromatic rings. The molecule has 0 saturated carbocycles. The number of ether oxygens (including phenoxy) is 1. The van der Waals surface area contributed by atoms with Gasteiger partial charge in [-0.25, -0.2) is 4.39 Å². The van der Waals surface area contributed by atoms with E-state index in [0.29, 0.717) is 11.6 Å². The van der Waals surface area contributed by atoms with Crippen molar-refractivity contribution in [1.29, 1.82) is 0 Å².